The number of amides is 2. The van der Waals surface area contributed by atoms with Crippen LogP contribution in [0.25, 0.3) is 0 Å². The van der Waals surface area contributed by atoms with E-state index in [1.165, 1.54) is 0 Å². The zero-order valence-corrected chi connectivity index (χ0v) is 18.1. The van der Waals surface area contributed by atoms with Gasteiger partial charge in [-0.05, 0) is 37.1 Å². The van der Waals surface area contributed by atoms with Gasteiger partial charge in [0.05, 0.1) is 25.6 Å². The third kappa shape index (κ3) is 4.45. The Bertz CT molecular complexity index is 962. The lowest BCUT2D eigenvalue weighted by Gasteiger charge is -2.40. The molecule has 7 nitrogen and oxygen atoms in total. The maximum Gasteiger partial charge on any atom is 0.227 e. The SMILES string of the molecule is COc1ccc(CNC(=O)CCC(=O)N2C[C@H]3CCCN3c3ccccc32)c(OC)c1. The molecule has 2 aliphatic rings. The summed E-state index contributed by atoms with van der Waals surface area (Å²) >= 11 is 0. The molecule has 0 aromatic heterocycles. The minimum Gasteiger partial charge on any atom is -0.497 e. The number of carbonyl (C=O) groups excluding carboxylic acids is 2. The van der Waals surface area contributed by atoms with Crippen molar-refractivity contribution in [3.63, 3.8) is 0 Å². The molecule has 0 spiro atoms. The second kappa shape index (κ2) is 9.29. The minimum absolute atomic E-state index is 0.00354. The molecule has 0 saturated carbocycles. The van der Waals surface area contributed by atoms with Crippen molar-refractivity contribution in [1.29, 1.82) is 0 Å². The molecule has 0 aliphatic carbocycles. The highest BCUT2D eigenvalue weighted by Gasteiger charge is 2.35. The standard InChI is InChI=1S/C24H29N3O4/c1-30-19-10-9-17(22(14-19)31-2)15-25-23(28)11-12-24(29)27-16-18-6-5-13-26(18)20-7-3-4-8-21(20)27/h3-4,7-10,14,18H,5-6,11-13,15-16H2,1-2H3,(H,25,28)/t18-/m1/s1. The average molecular weight is 424 g/mol. The van der Waals surface area contributed by atoms with Gasteiger partial charge in [-0.1, -0.05) is 12.1 Å². The minimum atomic E-state index is -0.154. The summed E-state index contributed by atoms with van der Waals surface area (Å²) in [6.07, 6.45) is 2.59. The molecule has 31 heavy (non-hydrogen) atoms. The molecule has 2 heterocycles. The third-order valence-corrected chi connectivity index (χ3v) is 6.09. The molecule has 2 aromatic carbocycles. The van der Waals surface area contributed by atoms with Gasteiger partial charge in [0.25, 0.3) is 0 Å². The Balaban J connectivity index is 1.34. The molecule has 1 fully saturated rings. The lowest BCUT2D eigenvalue weighted by Crippen LogP contribution is -2.48. The van der Waals surface area contributed by atoms with E-state index in [-0.39, 0.29) is 24.7 Å². The van der Waals surface area contributed by atoms with Gasteiger partial charge in [0.2, 0.25) is 11.8 Å². The van der Waals surface area contributed by atoms with Crippen LogP contribution in [0.15, 0.2) is 42.5 Å². The number of rotatable bonds is 7. The first-order chi connectivity index (χ1) is 15.1. The van der Waals surface area contributed by atoms with Crippen molar-refractivity contribution in [3.8, 4) is 11.5 Å². The number of anilines is 2. The Morgan fingerprint density at radius 1 is 1.06 bits per heavy atom. The molecule has 4 rings (SSSR count). The highest BCUT2D eigenvalue weighted by molar-refractivity contribution is 5.99. The average Bonchev–Trinajstić information content (AvgIpc) is 3.29. The topological polar surface area (TPSA) is 71.1 Å². The molecular weight excluding hydrogens is 394 g/mol. The number of hydrogen-bond acceptors (Lipinski definition) is 5. The Labute approximate surface area is 182 Å². The van der Waals surface area contributed by atoms with Crippen LogP contribution in [0.5, 0.6) is 11.5 Å². The zero-order chi connectivity index (χ0) is 21.8. The molecule has 164 valence electrons. The van der Waals surface area contributed by atoms with Gasteiger partial charge in [0.15, 0.2) is 0 Å². The fourth-order valence-electron chi connectivity index (χ4n) is 4.46. The van der Waals surface area contributed by atoms with Crippen molar-refractivity contribution in [2.45, 2.75) is 38.3 Å². The summed E-state index contributed by atoms with van der Waals surface area (Å²) in [7, 11) is 3.18. The molecule has 1 saturated heterocycles. The lowest BCUT2D eigenvalue weighted by atomic mass is 10.1. The Morgan fingerprint density at radius 3 is 2.65 bits per heavy atom. The fraction of sp³-hybridized carbons (Fsp3) is 0.417. The molecule has 0 radical (unpaired) electrons. The largest absolute Gasteiger partial charge is 0.497 e. The van der Waals surface area contributed by atoms with Gasteiger partial charge in [-0.2, -0.15) is 0 Å². The highest BCUT2D eigenvalue weighted by Crippen LogP contribution is 2.39. The maximum absolute atomic E-state index is 13.0. The summed E-state index contributed by atoms with van der Waals surface area (Å²) < 4.78 is 10.6. The van der Waals surface area contributed by atoms with E-state index >= 15 is 0 Å². The van der Waals surface area contributed by atoms with Crippen molar-refractivity contribution >= 4 is 23.2 Å². The number of nitrogens with one attached hydrogen (secondary N) is 1. The number of para-hydroxylation sites is 2. The lowest BCUT2D eigenvalue weighted by molar-refractivity contribution is -0.125. The first-order valence-electron chi connectivity index (χ1n) is 10.7. The van der Waals surface area contributed by atoms with E-state index in [1.807, 2.05) is 35.2 Å². The first-order valence-corrected chi connectivity index (χ1v) is 10.7. The Kier molecular flexibility index (Phi) is 6.30. The second-order valence-corrected chi connectivity index (χ2v) is 7.94. The second-order valence-electron chi connectivity index (χ2n) is 7.94. The Hall–Kier alpha value is -3.22. The smallest absolute Gasteiger partial charge is 0.227 e. The summed E-state index contributed by atoms with van der Waals surface area (Å²) in [4.78, 5) is 29.7. The quantitative estimate of drug-likeness (QED) is 0.741. The van der Waals surface area contributed by atoms with E-state index in [1.54, 1.807) is 20.3 Å². The summed E-state index contributed by atoms with van der Waals surface area (Å²) in [6.45, 7) is 2.07. The van der Waals surface area contributed by atoms with Crippen LogP contribution < -0.4 is 24.6 Å². The highest BCUT2D eigenvalue weighted by atomic mass is 16.5. The molecule has 2 aromatic rings. The number of ether oxygens (including phenoxy) is 2. The van der Waals surface area contributed by atoms with Crippen LogP contribution in [0, 0.1) is 0 Å². The van der Waals surface area contributed by atoms with E-state index in [0.717, 1.165) is 36.3 Å². The van der Waals surface area contributed by atoms with E-state index in [0.29, 0.717) is 30.6 Å². The molecular formula is C24H29N3O4. The van der Waals surface area contributed by atoms with Crippen molar-refractivity contribution in [2.75, 3.05) is 37.1 Å². The van der Waals surface area contributed by atoms with Crippen molar-refractivity contribution in [3.05, 3.63) is 48.0 Å². The van der Waals surface area contributed by atoms with Crippen LogP contribution in [0.4, 0.5) is 11.4 Å². The van der Waals surface area contributed by atoms with E-state index < -0.39 is 0 Å². The van der Waals surface area contributed by atoms with Crippen LogP contribution in [0.2, 0.25) is 0 Å². The van der Waals surface area contributed by atoms with Gasteiger partial charge in [-0.25, -0.2) is 0 Å². The molecule has 7 heteroatoms. The number of benzene rings is 2. The van der Waals surface area contributed by atoms with Crippen LogP contribution in [0.1, 0.15) is 31.2 Å². The van der Waals surface area contributed by atoms with Crippen LogP contribution in [0.3, 0.4) is 0 Å². The number of fused-ring (bicyclic) bond motifs is 3. The molecule has 1 atom stereocenters. The van der Waals surface area contributed by atoms with Gasteiger partial charge in [-0.3, -0.25) is 9.59 Å². The third-order valence-electron chi connectivity index (χ3n) is 6.09. The molecule has 0 bridgehead atoms. The van der Waals surface area contributed by atoms with Crippen molar-refractivity contribution in [1.82, 2.24) is 5.32 Å². The van der Waals surface area contributed by atoms with E-state index in [2.05, 4.69) is 16.3 Å². The zero-order valence-electron chi connectivity index (χ0n) is 18.1. The monoisotopic (exact) mass is 423 g/mol. The fourth-order valence-corrected chi connectivity index (χ4v) is 4.46. The molecule has 0 unspecified atom stereocenters. The number of methoxy groups -OCH3 is 2. The van der Waals surface area contributed by atoms with E-state index in [4.69, 9.17) is 9.47 Å². The molecule has 2 aliphatic heterocycles. The van der Waals surface area contributed by atoms with Crippen molar-refractivity contribution < 1.29 is 19.1 Å². The van der Waals surface area contributed by atoms with Gasteiger partial charge >= 0.3 is 0 Å². The van der Waals surface area contributed by atoms with Crippen LogP contribution >= 0.6 is 0 Å². The van der Waals surface area contributed by atoms with Crippen molar-refractivity contribution in [2.24, 2.45) is 0 Å². The Morgan fingerprint density at radius 2 is 1.87 bits per heavy atom. The van der Waals surface area contributed by atoms with E-state index in [9.17, 15) is 9.59 Å². The van der Waals surface area contributed by atoms with Gasteiger partial charge in [0.1, 0.15) is 11.5 Å². The molecule has 1 N–H and O–H groups in total. The number of hydrogen-bond donors (Lipinski definition) is 1. The van der Waals surface area contributed by atoms with Gasteiger partial charge in [-0.15, -0.1) is 0 Å². The first kappa shape index (κ1) is 21.0. The predicted molar refractivity (Wildman–Crippen MR) is 120 cm³/mol. The summed E-state index contributed by atoms with van der Waals surface area (Å²) in [6, 6.07) is 13.9. The van der Waals surface area contributed by atoms with Crippen LogP contribution in [-0.4, -0.2) is 45.2 Å². The summed E-state index contributed by atoms with van der Waals surface area (Å²) in [5.74, 6) is 1.19. The summed E-state index contributed by atoms with van der Waals surface area (Å²) in [5.41, 5.74) is 2.93. The van der Waals surface area contributed by atoms with Crippen LogP contribution in [-0.2, 0) is 16.1 Å². The normalized spacial score (nSPS) is 17.0. The maximum atomic E-state index is 13.0. The van der Waals surface area contributed by atoms with Gasteiger partial charge in [0, 0.05) is 50.1 Å². The summed E-state index contributed by atoms with van der Waals surface area (Å²) in [5, 5.41) is 2.89. The number of carbonyl (C=O) groups is 2. The van der Waals surface area contributed by atoms with Gasteiger partial charge < -0.3 is 24.6 Å². The number of nitrogens with zero attached hydrogens (tertiary/aromatic N) is 2. The predicted octanol–water partition coefficient (Wildman–Crippen LogP) is 3.12. The molecule has 2 amide bonds.